The molecular formula is C25H18Cl2LiO3P. The van der Waals surface area contributed by atoms with E-state index in [0.717, 1.165) is 5.30 Å². The molecule has 4 rings (SSSR count). The van der Waals surface area contributed by atoms with E-state index >= 15 is 0 Å². The average Bonchev–Trinajstić information content (AvgIpc) is 2.77. The van der Waals surface area contributed by atoms with Crippen LogP contribution in [-0.4, -0.2) is 24.4 Å². The molecule has 0 spiro atoms. The number of hydrogen-bond donors (Lipinski definition) is 0. The summed E-state index contributed by atoms with van der Waals surface area (Å²) in [5.41, 5.74) is 0.157. The topological polar surface area (TPSA) is 35.5 Å². The number of benzene rings is 4. The maximum atomic E-state index is 13.0. The summed E-state index contributed by atoms with van der Waals surface area (Å²) in [6.07, 6.45) is 0. The molecule has 7 heteroatoms. The predicted molar refractivity (Wildman–Crippen MR) is 135 cm³/mol. The fourth-order valence-electron chi connectivity index (χ4n) is 2.89. The molecule has 0 bridgehead atoms. The molecule has 1 atom stereocenters. The van der Waals surface area contributed by atoms with Gasteiger partial charge in [0.25, 0.3) is 0 Å². The number of ether oxygens (including phenoxy) is 2. The van der Waals surface area contributed by atoms with Gasteiger partial charge in [0.15, 0.2) is 5.52 Å². The van der Waals surface area contributed by atoms with Gasteiger partial charge in [-0.25, -0.2) is 0 Å². The molecule has 0 saturated carbocycles. The van der Waals surface area contributed by atoms with Gasteiger partial charge in [0.05, 0.1) is 15.6 Å². The minimum absolute atomic E-state index is 0. The third-order valence-electron chi connectivity index (χ3n) is 4.34. The molecule has 0 saturated heterocycles. The van der Waals surface area contributed by atoms with Gasteiger partial charge in [0, 0.05) is 11.4 Å². The van der Waals surface area contributed by atoms with Crippen LogP contribution >= 0.6 is 31.8 Å². The Balaban J connectivity index is 0.00000289. The predicted octanol–water partition coefficient (Wildman–Crippen LogP) is 7.07. The Kier molecular flexibility index (Phi) is 8.82. The molecule has 0 aliphatic rings. The van der Waals surface area contributed by atoms with Crippen LogP contribution in [0.15, 0.2) is 97.1 Å². The van der Waals surface area contributed by atoms with E-state index < -0.39 is 0 Å². The van der Waals surface area contributed by atoms with E-state index in [1.54, 1.807) is 24.3 Å². The van der Waals surface area contributed by atoms with E-state index in [2.05, 4.69) is 0 Å². The monoisotopic (exact) mass is 474 g/mol. The maximum absolute atomic E-state index is 13.0. The van der Waals surface area contributed by atoms with Crippen LogP contribution in [0.5, 0.6) is 23.0 Å². The van der Waals surface area contributed by atoms with E-state index in [9.17, 15) is 4.79 Å². The molecule has 0 N–H and O–H groups in total. The van der Waals surface area contributed by atoms with Crippen LogP contribution in [0.3, 0.4) is 0 Å². The summed E-state index contributed by atoms with van der Waals surface area (Å²) in [7, 11) is -0.225. The first-order valence-electron chi connectivity index (χ1n) is 9.45. The van der Waals surface area contributed by atoms with Crippen molar-refractivity contribution in [3.05, 3.63) is 113 Å². The van der Waals surface area contributed by atoms with Crippen LogP contribution in [0.25, 0.3) is 0 Å². The zero-order chi connectivity index (χ0) is 21.6. The summed E-state index contributed by atoms with van der Waals surface area (Å²) in [6, 6.07) is 29.3. The molecule has 3 nitrogen and oxygen atoms in total. The summed E-state index contributed by atoms with van der Waals surface area (Å²) in [6.45, 7) is 0. The van der Waals surface area contributed by atoms with Crippen LogP contribution in [-0.2, 0) is 0 Å². The third-order valence-corrected chi connectivity index (χ3v) is 6.13. The van der Waals surface area contributed by atoms with Gasteiger partial charge < -0.3 is 9.47 Å². The van der Waals surface area contributed by atoms with Crippen LogP contribution in [0.4, 0.5) is 0 Å². The molecule has 0 radical (unpaired) electrons. The average molecular weight is 475 g/mol. The molecule has 4 aromatic rings. The molecule has 0 heterocycles. The Morgan fingerprint density at radius 3 is 1.81 bits per heavy atom. The molecule has 0 fully saturated rings. The zero-order valence-corrected chi connectivity index (χ0v) is 18.7. The van der Waals surface area contributed by atoms with Crippen molar-refractivity contribution < 1.29 is 14.3 Å². The number of rotatable bonds is 7. The van der Waals surface area contributed by atoms with Crippen molar-refractivity contribution in [1.82, 2.24) is 0 Å². The minimum atomic E-state index is -0.225. The fraction of sp³-hybridized carbons (Fsp3) is 0. The fourth-order valence-corrected chi connectivity index (χ4v) is 4.67. The summed E-state index contributed by atoms with van der Waals surface area (Å²) in [5, 5.41) is 1.39. The van der Waals surface area contributed by atoms with E-state index in [4.69, 9.17) is 32.7 Å². The first kappa shape index (κ1) is 24.4. The molecule has 32 heavy (non-hydrogen) atoms. The van der Waals surface area contributed by atoms with Crippen molar-refractivity contribution in [3.63, 3.8) is 0 Å². The second-order valence-corrected chi connectivity index (χ2v) is 8.60. The Hall–Kier alpha value is -2.24. The molecule has 1 unspecified atom stereocenters. The standard InChI is InChI=1S/C25H17Cl2O3P.Li.H/c26-20-12-7-13-21(27)24(20)25(28)31-23-15-14-19(29-17-8-3-1-4-9-17)16-22(23)30-18-10-5-2-6-11-18;;/h1-16,31H;;. The van der Waals surface area contributed by atoms with Crippen molar-refractivity contribution in [1.29, 1.82) is 0 Å². The van der Waals surface area contributed by atoms with Crippen molar-refractivity contribution in [2.45, 2.75) is 0 Å². The third kappa shape index (κ3) is 6.17. The second kappa shape index (κ2) is 11.6. The summed E-state index contributed by atoms with van der Waals surface area (Å²) >= 11 is 12.4. The quantitative estimate of drug-likeness (QED) is 0.212. The van der Waals surface area contributed by atoms with Gasteiger partial charge in [-0.1, -0.05) is 65.7 Å². The van der Waals surface area contributed by atoms with E-state index in [1.165, 1.54) is 0 Å². The van der Waals surface area contributed by atoms with E-state index in [0.29, 0.717) is 38.6 Å². The van der Waals surface area contributed by atoms with Gasteiger partial charge in [-0.05, 0) is 57.1 Å². The Morgan fingerprint density at radius 2 is 1.22 bits per heavy atom. The summed E-state index contributed by atoms with van der Waals surface area (Å²) in [4.78, 5) is 13.0. The Bertz CT molecular complexity index is 1180. The molecular weight excluding hydrogens is 457 g/mol. The molecule has 0 amide bonds. The molecule has 0 aromatic heterocycles. The number of carbonyl (C=O) groups excluding carboxylic acids is 1. The summed E-state index contributed by atoms with van der Waals surface area (Å²) in [5.74, 6) is 2.51. The van der Waals surface area contributed by atoms with Crippen LogP contribution in [0.2, 0.25) is 10.0 Å². The number of para-hydroxylation sites is 2. The van der Waals surface area contributed by atoms with Crippen molar-refractivity contribution in [2.24, 2.45) is 0 Å². The first-order valence-corrected chi connectivity index (χ1v) is 11.2. The van der Waals surface area contributed by atoms with Crippen LogP contribution in [0.1, 0.15) is 10.4 Å². The Morgan fingerprint density at radius 1 is 0.656 bits per heavy atom. The van der Waals surface area contributed by atoms with Crippen LogP contribution < -0.4 is 14.8 Å². The number of hydrogen-bond acceptors (Lipinski definition) is 3. The van der Waals surface area contributed by atoms with E-state index in [-0.39, 0.29) is 33.0 Å². The van der Waals surface area contributed by atoms with Crippen molar-refractivity contribution >= 4 is 61.5 Å². The molecule has 0 aliphatic heterocycles. The van der Waals surface area contributed by atoms with Gasteiger partial charge in [-0.2, -0.15) is 0 Å². The zero-order valence-electron chi connectivity index (χ0n) is 16.2. The molecule has 156 valence electrons. The normalized spacial score (nSPS) is 10.6. The summed E-state index contributed by atoms with van der Waals surface area (Å²) < 4.78 is 12.0. The Labute approximate surface area is 210 Å². The first-order chi connectivity index (χ1) is 15.1. The van der Waals surface area contributed by atoms with Gasteiger partial charge in [-0.3, -0.25) is 4.79 Å². The van der Waals surface area contributed by atoms with Gasteiger partial charge in [0.2, 0.25) is 0 Å². The van der Waals surface area contributed by atoms with Crippen LogP contribution in [0, 0.1) is 0 Å². The SMILES string of the molecule is O=C(Pc1ccc(Oc2ccccc2)cc1Oc1ccccc1)c1c(Cl)cccc1Cl.[LiH]. The molecule has 0 aliphatic carbocycles. The second-order valence-electron chi connectivity index (χ2n) is 6.54. The number of carbonyl (C=O) groups is 1. The van der Waals surface area contributed by atoms with Gasteiger partial charge in [-0.15, -0.1) is 0 Å². The van der Waals surface area contributed by atoms with Gasteiger partial charge >= 0.3 is 18.9 Å². The van der Waals surface area contributed by atoms with Crippen molar-refractivity contribution in [2.75, 3.05) is 0 Å². The molecule has 4 aromatic carbocycles. The van der Waals surface area contributed by atoms with E-state index in [1.807, 2.05) is 72.8 Å². The van der Waals surface area contributed by atoms with Gasteiger partial charge in [0.1, 0.15) is 23.0 Å². The number of halogens is 2. The van der Waals surface area contributed by atoms with Crippen molar-refractivity contribution in [3.8, 4) is 23.0 Å².